The number of carbonyl (C=O) groups is 3. The molecule has 1 amide bonds. The minimum absolute atomic E-state index is 0.0291. The maximum absolute atomic E-state index is 13.2. The Balaban J connectivity index is 1.26. The van der Waals surface area contributed by atoms with E-state index in [0.29, 0.717) is 48.6 Å². The van der Waals surface area contributed by atoms with Gasteiger partial charge in [0.25, 0.3) is 0 Å². The third-order valence-electron chi connectivity index (χ3n) is 8.63. The largest absolute Gasteiger partial charge is 0.494 e. The van der Waals surface area contributed by atoms with E-state index in [1.165, 1.54) is 38.4 Å². The van der Waals surface area contributed by atoms with Crippen molar-refractivity contribution < 1.29 is 23.9 Å². The molecule has 4 aromatic rings. The summed E-state index contributed by atoms with van der Waals surface area (Å²) in [6.07, 6.45) is 8.63. The Morgan fingerprint density at radius 1 is 0.694 bits per heavy atom. The molecular formula is C42H50N2O5. The van der Waals surface area contributed by atoms with E-state index in [0.717, 1.165) is 24.8 Å². The van der Waals surface area contributed by atoms with E-state index in [9.17, 15) is 14.4 Å². The Hall–Kier alpha value is -4.91. The van der Waals surface area contributed by atoms with Gasteiger partial charge >= 0.3 is 5.97 Å². The molecule has 0 saturated heterocycles. The Morgan fingerprint density at radius 2 is 1.35 bits per heavy atom. The van der Waals surface area contributed by atoms with Crippen molar-refractivity contribution in [3.8, 4) is 5.75 Å². The summed E-state index contributed by atoms with van der Waals surface area (Å²) >= 11 is 0. The number of ether oxygens (including phenoxy) is 2. The van der Waals surface area contributed by atoms with Gasteiger partial charge in [-0.3, -0.25) is 9.59 Å². The molecule has 4 rings (SSSR count). The van der Waals surface area contributed by atoms with E-state index in [2.05, 4.69) is 29.7 Å². The molecule has 0 aliphatic heterocycles. The van der Waals surface area contributed by atoms with E-state index >= 15 is 0 Å². The quantitative estimate of drug-likeness (QED) is 0.0531. The molecule has 0 aliphatic rings. The normalized spacial score (nSPS) is 12.0. The number of ketones is 1. The van der Waals surface area contributed by atoms with Crippen LogP contribution in [0.2, 0.25) is 0 Å². The SMILES string of the molecule is CCCCCCCC(Cc1ccccc1)C(=O)NCCCOc1ccc(CC(Nc2ccccc2C(=O)c2ccccc2)C(=O)OC)cc1. The monoisotopic (exact) mass is 662 g/mol. The van der Waals surface area contributed by atoms with Gasteiger partial charge in [-0.1, -0.05) is 124 Å². The smallest absolute Gasteiger partial charge is 0.328 e. The maximum Gasteiger partial charge on any atom is 0.328 e. The zero-order valence-electron chi connectivity index (χ0n) is 28.9. The van der Waals surface area contributed by atoms with E-state index in [1.807, 2.05) is 66.7 Å². The van der Waals surface area contributed by atoms with Crippen molar-refractivity contribution in [1.29, 1.82) is 0 Å². The molecule has 2 unspecified atom stereocenters. The van der Waals surface area contributed by atoms with E-state index in [-0.39, 0.29) is 17.6 Å². The molecule has 0 saturated carbocycles. The maximum atomic E-state index is 13.2. The second kappa shape index (κ2) is 20.5. The Labute approximate surface area is 291 Å². The van der Waals surface area contributed by atoms with Crippen LogP contribution >= 0.6 is 0 Å². The number of esters is 1. The molecule has 0 aromatic heterocycles. The van der Waals surface area contributed by atoms with Crippen LogP contribution in [-0.2, 0) is 27.2 Å². The highest BCUT2D eigenvalue weighted by molar-refractivity contribution is 6.12. The van der Waals surface area contributed by atoms with Crippen LogP contribution < -0.4 is 15.4 Å². The fraction of sp³-hybridized carbons (Fsp3) is 0.357. The Kier molecular flexibility index (Phi) is 15.4. The number of rotatable bonds is 21. The van der Waals surface area contributed by atoms with E-state index in [4.69, 9.17) is 9.47 Å². The van der Waals surface area contributed by atoms with Gasteiger partial charge in [-0.25, -0.2) is 4.79 Å². The lowest BCUT2D eigenvalue weighted by atomic mass is 9.92. The molecule has 7 heteroatoms. The van der Waals surface area contributed by atoms with Crippen LogP contribution in [0.3, 0.4) is 0 Å². The average Bonchev–Trinajstić information content (AvgIpc) is 3.14. The summed E-state index contributed by atoms with van der Waals surface area (Å²) in [6.45, 7) is 3.24. The number of unbranched alkanes of at least 4 members (excludes halogenated alkanes) is 4. The van der Waals surface area contributed by atoms with Crippen molar-refractivity contribution >= 4 is 23.3 Å². The van der Waals surface area contributed by atoms with Crippen LogP contribution in [0.4, 0.5) is 5.69 Å². The van der Waals surface area contributed by atoms with Crippen LogP contribution in [-0.4, -0.2) is 44.0 Å². The molecule has 0 fully saturated rings. The van der Waals surface area contributed by atoms with E-state index < -0.39 is 12.0 Å². The number of hydrogen-bond acceptors (Lipinski definition) is 6. The average molecular weight is 663 g/mol. The minimum atomic E-state index is -0.702. The Bertz CT molecular complexity index is 1570. The molecule has 258 valence electrons. The van der Waals surface area contributed by atoms with Gasteiger partial charge in [0.1, 0.15) is 11.8 Å². The Morgan fingerprint density at radius 3 is 2.06 bits per heavy atom. The lowest BCUT2D eigenvalue weighted by molar-refractivity contribution is -0.141. The highest BCUT2D eigenvalue weighted by atomic mass is 16.5. The first-order valence-electron chi connectivity index (χ1n) is 17.5. The molecule has 2 N–H and O–H groups in total. The van der Waals surface area contributed by atoms with Crippen molar-refractivity contribution in [3.05, 3.63) is 131 Å². The zero-order valence-corrected chi connectivity index (χ0v) is 28.9. The number of para-hydroxylation sites is 1. The number of amides is 1. The first-order chi connectivity index (χ1) is 24.0. The third kappa shape index (κ3) is 12.2. The standard InChI is InChI=1S/C42H50N2O5/c1-3-4-5-6-11-21-35(30-32-17-9-7-10-18-32)41(46)43-28-16-29-49-36-26-24-33(25-27-36)31-39(42(47)48-2)44-38-23-15-14-22-37(38)40(45)34-19-12-8-13-20-34/h7-10,12-15,17-20,22-27,35,39,44H,3-6,11,16,21,28-31H2,1-2H3,(H,43,46). The zero-order chi connectivity index (χ0) is 34.7. The number of carbonyl (C=O) groups excluding carboxylic acids is 3. The summed E-state index contributed by atoms with van der Waals surface area (Å²) in [7, 11) is 1.36. The summed E-state index contributed by atoms with van der Waals surface area (Å²) in [6, 6.07) is 33.4. The molecular weight excluding hydrogens is 612 g/mol. The fourth-order valence-electron chi connectivity index (χ4n) is 5.87. The van der Waals surface area contributed by atoms with Gasteiger partial charge in [-0.05, 0) is 54.7 Å². The van der Waals surface area contributed by atoms with Crippen molar-refractivity contribution in [2.24, 2.45) is 5.92 Å². The fourth-order valence-corrected chi connectivity index (χ4v) is 5.87. The number of nitrogens with one attached hydrogen (secondary N) is 2. The molecule has 49 heavy (non-hydrogen) atoms. The summed E-state index contributed by atoms with van der Waals surface area (Å²) < 4.78 is 11.1. The first-order valence-corrected chi connectivity index (χ1v) is 17.5. The predicted molar refractivity (Wildman–Crippen MR) is 196 cm³/mol. The van der Waals surface area contributed by atoms with Gasteiger partial charge in [0.15, 0.2) is 5.78 Å². The molecule has 4 aromatic carbocycles. The summed E-state index contributed by atoms with van der Waals surface area (Å²) in [5, 5.41) is 6.39. The molecule has 2 atom stereocenters. The molecule has 0 spiro atoms. The number of hydrogen-bond donors (Lipinski definition) is 2. The van der Waals surface area contributed by atoms with Crippen molar-refractivity contribution in [2.45, 2.75) is 70.8 Å². The van der Waals surface area contributed by atoms with Crippen LogP contribution in [0, 0.1) is 5.92 Å². The summed E-state index contributed by atoms with van der Waals surface area (Å²) in [5.74, 6) is 0.249. The van der Waals surface area contributed by atoms with E-state index in [1.54, 1.807) is 30.3 Å². The number of benzene rings is 4. The topological polar surface area (TPSA) is 93.7 Å². The van der Waals surface area contributed by atoms with Gasteiger partial charge in [-0.15, -0.1) is 0 Å². The molecule has 0 radical (unpaired) electrons. The molecule has 0 bridgehead atoms. The second-order valence-corrected chi connectivity index (χ2v) is 12.4. The van der Waals surface area contributed by atoms with Gasteiger partial charge < -0.3 is 20.1 Å². The predicted octanol–water partition coefficient (Wildman–Crippen LogP) is 8.22. The van der Waals surface area contributed by atoms with Crippen molar-refractivity contribution in [3.63, 3.8) is 0 Å². The van der Waals surface area contributed by atoms with Gasteiger partial charge in [0, 0.05) is 35.7 Å². The number of methoxy groups -OCH3 is 1. The minimum Gasteiger partial charge on any atom is -0.494 e. The van der Waals surface area contributed by atoms with Crippen LogP contribution in [0.1, 0.15) is 78.9 Å². The van der Waals surface area contributed by atoms with Crippen LogP contribution in [0.25, 0.3) is 0 Å². The highest BCUT2D eigenvalue weighted by Crippen LogP contribution is 2.23. The van der Waals surface area contributed by atoms with Gasteiger partial charge in [0.05, 0.1) is 13.7 Å². The second-order valence-electron chi connectivity index (χ2n) is 12.4. The van der Waals surface area contributed by atoms with Gasteiger partial charge in [0.2, 0.25) is 5.91 Å². The van der Waals surface area contributed by atoms with Crippen LogP contribution in [0.15, 0.2) is 109 Å². The number of anilines is 1. The van der Waals surface area contributed by atoms with Gasteiger partial charge in [-0.2, -0.15) is 0 Å². The van der Waals surface area contributed by atoms with Crippen molar-refractivity contribution in [1.82, 2.24) is 5.32 Å². The van der Waals surface area contributed by atoms with Crippen molar-refractivity contribution in [2.75, 3.05) is 25.6 Å². The lowest BCUT2D eigenvalue weighted by Crippen LogP contribution is -2.33. The molecule has 0 heterocycles. The molecule has 7 nitrogen and oxygen atoms in total. The summed E-state index contributed by atoms with van der Waals surface area (Å²) in [4.78, 5) is 39.1. The highest BCUT2D eigenvalue weighted by Gasteiger charge is 2.23. The van der Waals surface area contributed by atoms with Crippen LogP contribution in [0.5, 0.6) is 5.75 Å². The summed E-state index contributed by atoms with van der Waals surface area (Å²) in [5.41, 5.74) is 3.73. The first kappa shape index (κ1) is 36.9. The third-order valence-corrected chi connectivity index (χ3v) is 8.63. The lowest BCUT2D eigenvalue weighted by Gasteiger charge is -2.20. The molecule has 0 aliphatic carbocycles.